The van der Waals surface area contributed by atoms with Gasteiger partial charge in [-0.3, -0.25) is 9.59 Å². The van der Waals surface area contributed by atoms with Crippen LogP contribution in [0.3, 0.4) is 0 Å². The monoisotopic (exact) mass is 391 g/mol. The van der Waals surface area contributed by atoms with E-state index in [4.69, 9.17) is 20.9 Å². The second-order valence-corrected chi connectivity index (χ2v) is 6.93. The van der Waals surface area contributed by atoms with E-state index < -0.39 is 25.0 Å². The third-order valence-electron chi connectivity index (χ3n) is 4.86. The summed E-state index contributed by atoms with van der Waals surface area (Å²) in [5.41, 5.74) is 11.1. The predicted octanol–water partition coefficient (Wildman–Crippen LogP) is -1.02. The maximum absolute atomic E-state index is 12.1. The third kappa shape index (κ3) is 4.20. The molecule has 1 aromatic rings. The van der Waals surface area contributed by atoms with Crippen LogP contribution in [0.5, 0.6) is 11.5 Å². The minimum Gasteiger partial charge on any atom is -0.535 e. The highest BCUT2D eigenvalue weighted by Crippen LogP contribution is 2.37. The van der Waals surface area contributed by atoms with Crippen LogP contribution in [0.15, 0.2) is 12.1 Å². The maximum Gasteiger partial charge on any atom is 0.522 e. The number of fused-ring (bicyclic) bond motifs is 1. The zero-order valence-corrected chi connectivity index (χ0v) is 15.2. The zero-order chi connectivity index (χ0) is 20.4. The number of carboxylic acid groups (broad SMARTS) is 1. The molecule has 0 spiro atoms. The average molecular weight is 391 g/mol. The molecule has 2 heterocycles. The van der Waals surface area contributed by atoms with Gasteiger partial charge in [-0.15, -0.1) is 0 Å². The highest BCUT2D eigenvalue weighted by molar-refractivity contribution is 6.44. The summed E-state index contributed by atoms with van der Waals surface area (Å²) in [6.07, 6.45) is 0.811. The minimum atomic E-state index is -1.21. The number of carbonyl (C=O) groups excluding carboxylic acids is 2. The molecule has 0 radical (unpaired) electrons. The van der Waals surface area contributed by atoms with Crippen LogP contribution in [0.2, 0.25) is 6.32 Å². The number of ether oxygens (including phenoxy) is 1. The number of nitrogens with two attached hydrogens (primary N) is 2. The molecule has 28 heavy (non-hydrogen) atoms. The van der Waals surface area contributed by atoms with Crippen LogP contribution < -0.4 is 20.9 Å². The molecular weight excluding hydrogens is 369 g/mol. The number of rotatable bonds is 7. The number of nitrogens with zero attached hydrogens (tertiary/aromatic N) is 1. The Morgan fingerprint density at radius 1 is 1.36 bits per heavy atom. The average Bonchev–Trinajstić information content (AvgIpc) is 2.60. The summed E-state index contributed by atoms with van der Waals surface area (Å²) < 4.78 is 11.1. The molecule has 0 bridgehead atoms. The van der Waals surface area contributed by atoms with E-state index in [0.717, 1.165) is 0 Å². The number of primary amides is 1. The largest absolute Gasteiger partial charge is 0.535 e. The van der Waals surface area contributed by atoms with E-state index in [1.54, 1.807) is 12.1 Å². The molecule has 2 amide bonds. The van der Waals surface area contributed by atoms with E-state index in [2.05, 4.69) is 0 Å². The quantitative estimate of drug-likeness (QED) is 0.429. The highest BCUT2D eigenvalue weighted by atomic mass is 16.5. The van der Waals surface area contributed by atoms with Crippen molar-refractivity contribution in [2.75, 3.05) is 13.1 Å². The van der Waals surface area contributed by atoms with Crippen molar-refractivity contribution < 1.29 is 33.9 Å². The van der Waals surface area contributed by atoms with Gasteiger partial charge in [-0.1, -0.05) is 6.07 Å². The molecule has 0 unspecified atom stereocenters. The first-order chi connectivity index (χ1) is 13.3. The lowest BCUT2D eigenvalue weighted by Crippen LogP contribution is -2.56. The molecule has 0 aromatic heterocycles. The van der Waals surface area contributed by atoms with Crippen molar-refractivity contribution in [1.82, 2.24) is 4.90 Å². The number of aromatic carboxylic acids is 1. The second kappa shape index (κ2) is 8.07. The Morgan fingerprint density at radius 2 is 2.07 bits per heavy atom. The summed E-state index contributed by atoms with van der Waals surface area (Å²) in [7, 11) is -1.05. The van der Waals surface area contributed by atoms with Crippen molar-refractivity contribution in [2.45, 2.75) is 37.7 Å². The Balaban J connectivity index is 1.60. The summed E-state index contributed by atoms with van der Waals surface area (Å²) in [6.45, 7) is 0.592. The number of carbonyl (C=O) groups is 3. The molecule has 0 saturated carbocycles. The van der Waals surface area contributed by atoms with Crippen LogP contribution in [-0.4, -0.2) is 65.2 Å². The number of likely N-dealkylation sites (tertiary alicyclic amines) is 1. The van der Waals surface area contributed by atoms with Gasteiger partial charge in [0.1, 0.15) is 23.2 Å². The molecule has 1 aromatic carbocycles. The van der Waals surface area contributed by atoms with E-state index in [0.29, 0.717) is 31.4 Å². The van der Waals surface area contributed by atoms with Gasteiger partial charge in [0.2, 0.25) is 11.8 Å². The fourth-order valence-corrected chi connectivity index (χ4v) is 3.19. The number of carboxylic acids is 1. The van der Waals surface area contributed by atoms with Crippen molar-refractivity contribution in [3.63, 3.8) is 0 Å². The third-order valence-corrected chi connectivity index (χ3v) is 4.86. The van der Waals surface area contributed by atoms with Crippen molar-refractivity contribution in [3.8, 4) is 11.5 Å². The molecule has 3 rings (SSSR count). The number of aryl methyl sites for hydroxylation is 1. The fraction of sp³-hybridized carbons (Fsp3) is 0.471. The van der Waals surface area contributed by atoms with E-state index in [9.17, 15) is 24.5 Å². The molecule has 1 fully saturated rings. The number of benzene rings is 1. The minimum absolute atomic E-state index is 0.0990. The van der Waals surface area contributed by atoms with Crippen LogP contribution in [-0.2, 0) is 16.0 Å². The Kier molecular flexibility index (Phi) is 5.75. The molecular formula is C17H22BN3O7. The molecule has 150 valence electrons. The lowest BCUT2D eigenvalue weighted by atomic mass is 9.78. The first-order valence-electron chi connectivity index (χ1n) is 8.99. The Bertz CT molecular complexity index is 797. The Hall–Kier alpha value is -2.79. The van der Waals surface area contributed by atoms with Crippen molar-refractivity contribution in [3.05, 3.63) is 23.3 Å². The summed E-state index contributed by atoms with van der Waals surface area (Å²) in [6, 6.07) is 2.43. The summed E-state index contributed by atoms with van der Waals surface area (Å²) in [4.78, 5) is 36.2. The van der Waals surface area contributed by atoms with E-state index in [1.807, 2.05) is 0 Å². The fourth-order valence-electron chi connectivity index (χ4n) is 3.19. The van der Waals surface area contributed by atoms with Gasteiger partial charge >= 0.3 is 13.1 Å². The van der Waals surface area contributed by atoms with Crippen LogP contribution in [0, 0.1) is 0 Å². The van der Waals surface area contributed by atoms with E-state index >= 15 is 0 Å². The smallest absolute Gasteiger partial charge is 0.522 e. The van der Waals surface area contributed by atoms with Crippen LogP contribution in [0.4, 0.5) is 0 Å². The lowest BCUT2D eigenvalue weighted by Gasteiger charge is -2.39. The summed E-state index contributed by atoms with van der Waals surface area (Å²) >= 11 is 0. The molecule has 10 nitrogen and oxygen atoms in total. The predicted molar refractivity (Wildman–Crippen MR) is 97.9 cm³/mol. The Morgan fingerprint density at radius 3 is 2.71 bits per heavy atom. The van der Waals surface area contributed by atoms with Crippen LogP contribution in [0.1, 0.15) is 28.8 Å². The summed E-state index contributed by atoms with van der Waals surface area (Å²) in [5.74, 6) is -1.79. The number of amides is 2. The first kappa shape index (κ1) is 20.0. The standard InChI is InChI=1S/C17H22BN3O7/c19-11(16(20)23)2-4-13(22)21-7-10(8-21)27-12-3-1-9-5-6-18(26)28-15(9)14(12)17(24)25/h1,3,10-11,26H,2,4-8,19H2,(H2,20,23)(H,24,25)/t11-/m1/s1. The topological polar surface area (TPSA) is 165 Å². The van der Waals surface area contributed by atoms with Crippen molar-refractivity contribution >= 4 is 24.9 Å². The summed E-state index contributed by atoms with van der Waals surface area (Å²) in [5, 5.41) is 19.2. The van der Waals surface area contributed by atoms with E-state index in [1.165, 1.54) is 4.90 Å². The van der Waals surface area contributed by atoms with E-state index in [-0.39, 0.29) is 41.9 Å². The zero-order valence-electron chi connectivity index (χ0n) is 15.2. The van der Waals surface area contributed by atoms with Crippen molar-refractivity contribution in [2.24, 2.45) is 11.5 Å². The first-order valence-corrected chi connectivity index (χ1v) is 8.99. The molecule has 1 atom stereocenters. The van der Waals surface area contributed by atoms with Gasteiger partial charge in [-0.2, -0.15) is 0 Å². The van der Waals surface area contributed by atoms with Crippen LogP contribution in [0.25, 0.3) is 0 Å². The van der Waals surface area contributed by atoms with Crippen LogP contribution >= 0.6 is 0 Å². The maximum atomic E-state index is 12.1. The van der Waals surface area contributed by atoms with Gasteiger partial charge in [-0.25, -0.2) is 4.79 Å². The number of hydrogen-bond donors (Lipinski definition) is 4. The normalized spacial score (nSPS) is 17.2. The van der Waals surface area contributed by atoms with Gasteiger partial charge in [0.25, 0.3) is 0 Å². The van der Waals surface area contributed by atoms with Crippen molar-refractivity contribution in [1.29, 1.82) is 0 Å². The molecule has 6 N–H and O–H groups in total. The van der Waals surface area contributed by atoms with Gasteiger partial charge in [0.05, 0.1) is 19.1 Å². The molecule has 11 heteroatoms. The van der Waals surface area contributed by atoms with Gasteiger partial charge in [0, 0.05) is 6.42 Å². The lowest BCUT2D eigenvalue weighted by molar-refractivity contribution is -0.140. The molecule has 0 aliphatic carbocycles. The highest BCUT2D eigenvalue weighted by Gasteiger charge is 2.35. The SMILES string of the molecule is NC(=O)[C@H](N)CCC(=O)N1CC(Oc2ccc3c(c2C(=O)O)OB(O)CC3)C1. The second-order valence-electron chi connectivity index (χ2n) is 6.93. The molecule has 2 aliphatic rings. The number of hydrogen-bond acceptors (Lipinski definition) is 7. The Labute approximate surface area is 161 Å². The van der Waals surface area contributed by atoms with Gasteiger partial charge < -0.3 is 35.9 Å². The molecule has 1 saturated heterocycles. The van der Waals surface area contributed by atoms with Gasteiger partial charge in [0.15, 0.2) is 0 Å². The van der Waals surface area contributed by atoms with Gasteiger partial charge in [-0.05, 0) is 30.8 Å². The molecule has 2 aliphatic heterocycles.